The smallest absolute Gasteiger partial charge is 0.272 e. The molecule has 0 saturated heterocycles. The third-order valence-electron chi connectivity index (χ3n) is 5.72. The van der Waals surface area contributed by atoms with Crippen LogP contribution < -0.4 is 9.74 Å². The summed E-state index contributed by atoms with van der Waals surface area (Å²) >= 11 is 0. The van der Waals surface area contributed by atoms with E-state index in [-0.39, 0.29) is 11.7 Å². The summed E-state index contributed by atoms with van der Waals surface area (Å²) in [6.45, 7) is 7.62. The Kier molecular flexibility index (Phi) is 4.24. The molecule has 0 aromatic carbocycles. The average Bonchev–Trinajstić information content (AvgIpc) is 3.13. The van der Waals surface area contributed by atoms with Gasteiger partial charge in [0.05, 0.1) is 22.4 Å². The highest BCUT2D eigenvalue weighted by atomic mass is 16.3. The summed E-state index contributed by atoms with van der Waals surface area (Å²) in [5.41, 5.74) is 1.91. The van der Waals surface area contributed by atoms with Crippen molar-refractivity contribution in [3.8, 4) is 5.82 Å². The lowest BCUT2D eigenvalue weighted by molar-refractivity contribution is -0.495. The fraction of sp³-hybridized carbons (Fsp3) is 0.550. The van der Waals surface area contributed by atoms with Crippen LogP contribution in [0.1, 0.15) is 68.2 Å². The molecule has 28 heavy (non-hydrogen) atoms. The van der Waals surface area contributed by atoms with Gasteiger partial charge in [0.1, 0.15) is 0 Å². The van der Waals surface area contributed by atoms with Crippen LogP contribution in [0.4, 0.5) is 0 Å². The van der Waals surface area contributed by atoms with E-state index in [0.717, 1.165) is 24.1 Å². The molecular weight excluding hydrogens is 358 g/mol. The van der Waals surface area contributed by atoms with Crippen molar-refractivity contribution in [2.75, 3.05) is 0 Å². The summed E-state index contributed by atoms with van der Waals surface area (Å²) in [6.07, 6.45) is 6.58. The molecule has 0 unspecified atom stereocenters. The van der Waals surface area contributed by atoms with E-state index >= 15 is 0 Å². The van der Waals surface area contributed by atoms with E-state index in [2.05, 4.69) is 15.4 Å². The van der Waals surface area contributed by atoms with E-state index in [0.29, 0.717) is 34.2 Å². The van der Waals surface area contributed by atoms with Crippen LogP contribution in [0.3, 0.4) is 0 Å². The number of ketones is 1. The second-order valence-corrected chi connectivity index (χ2v) is 8.86. The maximum absolute atomic E-state index is 13.1. The zero-order chi connectivity index (χ0) is 20.2. The molecule has 1 saturated carbocycles. The quantitative estimate of drug-likeness (QED) is 0.769. The number of hydrogen-bond donors (Lipinski definition) is 2. The number of amides is 1. The Morgan fingerprint density at radius 2 is 2.18 bits per heavy atom. The summed E-state index contributed by atoms with van der Waals surface area (Å²) < 4.78 is 2.39. The molecule has 2 aromatic heterocycles. The Morgan fingerprint density at radius 1 is 1.43 bits per heavy atom. The first-order valence-corrected chi connectivity index (χ1v) is 9.77. The summed E-state index contributed by atoms with van der Waals surface area (Å²) in [5.74, 6) is 1.13. The standard InChI is InChI=1S/C20H25N5O3/c1-5-14(26)18(20(2,3)4)22-19(27)16-13-9-11-8-12(11)17(13)25(23-16)15-10-24(28)7-6-21-15/h6-7,10-12,18H,5,8-9H2,1-4H3,(H-,21,22,27,28)/p+1/t11-,12-,18-/m1/s1. The molecule has 1 fully saturated rings. The first-order valence-electron chi connectivity index (χ1n) is 9.77. The fourth-order valence-corrected chi connectivity index (χ4v) is 4.18. The molecule has 1 amide bonds. The van der Waals surface area contributed by atoms with Crippen LogP contribution in [-0.4, -0.2) is 32.5 Å². The minimum atomic E-state index is -0.575. The Bertz CT molecular complexity index is 1010. The number of Topliss-reactive ketones (excluding diaryl/α,β-unsaturated/α-hetero) is 1. The number of nitrogens with zero attached hydrogens (tertiary/aromatic N) is 3. The van der Waals surface area contributed by atoms with Crippen LogP contribution in [0.5, 0.6) is 0 Å². The van der Waals surface area contributed by atoms with Gasteiger partial charge in [0.2, 0.25) is 12.0 Å². The van der Waals surface area contributed by atoms with Crippen molar-refractivity contribution in [1.82, 2.24) is 20.1 Å². The Morgan fingerprint density at radius 3 is 2.82 bits per heavy atom. The van der Waals surface area contributed by atoms with Gasteiger partial charge in [-0.3, -0.25) is 9.59 Å². The highest BCUT2D eigenvalue weighted by molar-refractivity contribution is 5.98. The summed E-state index contributed by atoms with van der Waals surface area (Å²) in [5, 5.41) is 7.47. The second kappa shape index (κ2) is 6.39. The average molecular weight is 384 g/mol. The highest BCUT2D eigenvalue weighted by Crippen LogP contribution is 2.57. The Hall–Kier alpha value is -2.77. The summed E-state index contributed by atoms with van der Waals surface area (Å²) in [7, 11) is 0. The zero-order valence-electron chi connectivity index (χ0n) is 16.7. The van der Waals surface area contributed by atoms with Crippen LogP contribution in [0.15, 0.2) is 18.6 Å². The normalized spacial score (nSPS) is 21.0. The molecule has 0 radical (unpaired) electrons. The number of aromatic nitrogens is 4. The monoisotopic (exact) mass is 384 g/mol. The van der Waals surface area contributed by atoms with E-state index < -0.39 is 11.5 Å². The first-order chi connectivity index (χ1) is 13.2. The molecule has 148 valence electrons. The zero-order valence-corrected chi connectivity index (χ0v) is 16.7. The number of nitrogens with one attached hydrogen (secondary N) is 2. The minimum Gasteiger partial charge on any atom is -0.340 e. The van der Waals surface area contributed by atoms with E-state index in [1.807, 2.05) is 20.8 Å². The van der Waals surface area contributed by atoms with Gasteiger partial charge < -0.3 is 10.3 Å². The van der Waals surface area contributed by atoms with E-state index in [9.17, 15) is 14.5 Å². The Labute approximate surface area is 162 Å². The minimum absolute atomic E-state index is 0.00330. The summed E-state index contributed by atoms with van der Waals surface area (Å²) in [6, 6.07) is -0.575. The molecule has 2 N–H and O–H groups in total. The molecule has 4 rings (SSSR count). The van der Waals surface area contributed by atoms with Gasteiger partial charge in [0, 0.05) is 22.8 Å². The molecule has 2 aromatic rings. The van der Waals surface area contributed by atoms with Crippen LogP contribution >= 0.6 is 0 Å². The van der Waals surface area contributed by atoms with Gasteiger partial charge in [-0.15, -0.1) is 0 Å². The maximum atomic E-state index is 13.1. The predicted molar refractivity (Wildman–Crippen MR) is 102 cm³/mol. The molecule has 8 nitrogen and oxygen atoms in total. The third kappa shape index (κ3) is 3.06. The van der Waals surface area contributed by atoms with Gasteiger partial charge >= 0.3 is 0 Å². The van der Waals surface area contributed by atoms with Crippen molar-refractivity contribution in [3.05, 3.63) is 40.4 Å². The van der Waals surface area contributed by atoms with Gasteiger partial charge in [-0.2, -0.15) is 5.10 Å². The number of H-pyrrole nitrogens is 1. The fourth-order valence-electron chi connectivity index (χ4n) is 4.18. The van der Waals surface area contributed by atoms with Crippen LogP contribution in [0, 0.1) is 16.2 Å². The highest BCUT2D eigenvalue weighted by Gasteiger charge is 2.50. The van der Waals surface area contributed by atoms with E-state index in [4.69, 9.17) is 0 Å². The lowest BCUT2D eigenvalue weighted by Gasteiger charge is -2.29. The second-order valence-electron chi connectivity index (χ2n) is 8.86. The molecule has 2 heterocycles. The number of rotatable bonds is 5. The molecular formula is C20H26N5O3+. The van der Waals surface area contributed by atoms with Crippen molar-refractivity contribution >= 4 is 11.7 Å². The number of carbonyl (C=O) groups excluding carboxylic acids is 2. The predicted octanol–water partition coefficient (Wildman–Crippen LogP) is 1.90. The summed E-state index contributed by atoms with van der Waals surface area (Å²) in [4.78, 5) is 40.2. The molecule has 2 aliphatic carbocycles. The third-order valence-corrected chi connectivity index (χ3v) is 5.72. The van der Waals surface area contributed by atoms with E-state index in [1.165, 1.54) is 12.4 Å². The van der Waals surface area contributed by atoms with Gasteiger partial charge in [-0.25, -0.2) is 4.68 Å². The van der Waals surface area contributed by atoms with Gasteiger partial charge in [-0.05, 0) is 24.2 Å². The van der Waals surface area contributed by atoms with Crippen molar-refractivity contribution < 1.29 is 14.0 Å². The Balaban J connectivity index is 1.72. The maximum Gasteiger partial charge on any atom is 0.272 e. The first kappa shape index (κ1) is 18.6. The SMILES string of the molecule is CCC(=O)[C@@H](NC(=O)c1nn(-c2c[n+](=O)cc[nH]2)c2c1C[C@H]1C[C@@H]21)C(C)(C)C. The number of aromatic amines is 1. The molecule has 0 spiro atoms. The lowest BCUT2D eigenvalue weighted by atomic mass is 9.83. The van der Waals surface area contributed by atoms with Crippen LogP contribution in [-0.2, 0) is 11.2 Å². The largest absolute Gasteiger partial charge is 0.340 e. The van der Waals surface area contributed by atoms with Crippen molar-refractivity contribution in [1.29, 1.82) is 0 Å². The number of hydrogen-bond acceptors (Lipinski definition) is 4. The van der Waals surface area contributed by atoms with Gasteiger partial charge in [0.25, 0.3) is 12.1 Å². The van der Waals surface area contributed by atoms with Gasteiger partial charge in [0.15, 0.2) is 11.5 Å². The molecule has 0 bridgehead atoms. The van der Waals surface area contributed by atoms with Crippen molar-refractivity contribution in [3.63, 3.8) is 0 Å². The molecule has 3 atom stereocenters. The number of carbonyl (C=O) groups is 2. The molecule has 8 heteroatoms. The molecule has 0 aliphatic heterocycles. The number of fused-ring (bicyclic) bond motifs is 3. The van der Waals surface area contributed by atoms with Crippen LogP contribution in [0.25, 0.3) is 5.82 Å². The lowest BCUT2D eigenvalue weighted by Crippen LogP contribution is -2.49. The topological polar surface area (TPSA) is 103 Å². The molecule has 2 aliphatic rings. The van der Waals surface area contributed by atoms with Crippen molar-refractivity contribution in [2.45, 2.75) is 58.9 Å². The van der Waals surface area contributed by atoms with E-state index in [1.54, 1.807) is 17.8 Å². The van der Waals surface area contributed by atoms with Gasteiger partial charge in [-0.1, -0.05) is 27.7 Å². The van der Waals surface area contributed by atoms with Crippen LogP contribution in [0.2, 0.25) is 0 Å². The van der Waals surface area contributed by atoms with Crippen molar-refractivity contribution in [2.24, 2.45) is 11.3 Å².